The quantitative estimate of drug-likeness (QED) is 0.746. The molecule has 0 unspecified atom stereocenters. The van der Waals surface area contributed by atoms with Crippen molar-refractivity contribution in [2.24, 2.45) is 0 Å². The third kappa shape index (κ3) is 2.72. The molecule has 3 nitrogen and oxygen atoms in total. The van der Waals surface area contributed by atoms with Crippen molar-refractivity contribution in [3.63, 3.8) is 0 Å². The van der Waals surface area contributed by atoms with E-state index >= 15 is 0 Å². The van der Waals surface area contributed by atoms with Crippen molar-refractivity contribution in [3.05, 3.63) is 30.3 Å². The van der Waals surface area contributed by atoms with E-state index in [-0.39, 0.29) is 12.5 Å². The van der Waals surface area contributed by atoms with E-state index in [4.69, 9.17) is 4.74 Å². The maximum absolute atomic E-state index is 11.6. The summed E-state index contributed by atoms with van der Waals surface area (Å²) in [6.45, 7) is 1.90. The van der Waals surface area contributed by atoms with Gasteiger partial charge in [-0.05, 0) is 31.0 Å². The number of hydrogen-bond acceptors (Lipinski definition) is 2. The van der Waals surface area contributed by atoms with Crippen LogP contribution >= 0.6 is 0 Å². The van der Waals surface area contributed by atoms with Crippen LogP contribution in [0.4, 0.5) is 0 Å². The van der Waals surface area contributed by atoms with Crippen LogP contribution in [0.3, 0.4) is 0 Å². The summed E-state index contributed by atoms with van der Waals surface area (Å²) in [7, 11) is 0. The molecule has 0 N–H and O–H groups in total. The average Bonchev–Trinajstić information content (AvgIpc) is 2.81. The Bertz CT molecular complexity index is 318. The second-order valence-electron chi connectivity index (χ2n) is 3.61. The Labute approximate surface area is 89.7 Å². The number of carbonyl (C=O) groups is 1. The van der Waals surface area contributed by atoms with Crippen molar-refractivity contribution < 1.29 is 9.53 Å². The van der Waals surface area contributed by atoms with Gasteiger partial charge >= 0.3 is 0 Å². The Morgan fingerprint density at radius 2 is 2.00 bits per heavy atom. The van der Waals surface area contributed by atoms with Crippen LogP contribution in [0, 0.1) is 6.07 Å². The van der Waals surface area contributed by atoms with Crippen molar-refractivity contribution in [2.75, 3.05) is 19.7 Å². The highest BCUT2D eigenvalue weighted by atomic mass is 16.5. The zero-order valence-corrected chi connectivity index (χ0v) is 8.61. The normalized spacial score (nSPS) is 15.3. The largest absolute Gasteiger partial charge is 0.484 e. The van der Waals surface area contributed by atoms with Gasteiger partial charge in [-0.15, -0.1) is 0 Å². The average molecular weight is 204 g/mol. The third-order valence-corrected chi connectivity index (χ3v) is 2.51. The van der Waals surface area contributed by atoms with E-state index < -0.39 is 0 Å². The molecule has 79 valence electrons. The van der Waals surface area contributed by atoms with E-state index in [1.54, 1.807) is 24.3 Å². The van der Waals surface area contributed by atoms with Gasteiger partial charge in [-0.2, -0.15) is 0 Å². The standard InChI is InChI=1S/C12H14NO2/c14-12(13-8-4-5-9-13)10-15-11-6-2-1-3-7-11/h2-3,6-7H,4-5,8-10H2. The van der Waals surface area contributed by atoms with Gasteiger partial charge in [0.05, 0.1) is 0 Å². The van der Waals surface area contributed by atoms with Crippen LogP contribution in [0.2, 0.25) is 0 Å². The van der Waals surface area contributed by atoms with Crippen LogP contribution < -0.4 is 4.74 Å². The molecule has 1 saturated heterocycles. The Morgan fingerprint density at radius 3 is 2.67 bits per heavy atom. The predicted octanol–water partition coefficient (Wildman–Crippen LogP) is 1.49. The second-order valence-corrected chi connectivity index (χ2v) is 3.61. The molecule has 0 aliphatic carbocycles. The number of carbonyl (C=O) groups excluding carboxylic acids is 1. The Balaban J connectivity index is 1.80. The fourth-order valence-electron chi connectivity index (χ4n) is 1.67. The van der Waals surface area contributed by atoms with Crippen LogP contribution in [-0.4, -0.2) is 30.5 Å². The minimum atomic E-state index is 0.0836. The smallest absolute Gasteiger partial charge is 0.260 e. The van der Waals surface area contributed by atoms with Gasteiger partial charge in [0.15, 0.2) is 6.61 Å². The van der Waals surface area contributed by atoms with E-state index in [1.807, 2.05) is 4.90 Å². The van der Waals surface area contributed by atoms with Gasteiger partial charge in [-0.1, -0.05) is 12.1 Å². The molecule has 1 amide bonds. The summed E-state index contributed by atoms with van der Waals surface area (Å²) < 4.78 is 5.37. The molecule has 1 heterocycles. The lowest BCUT2D eigenvalue weighted by Gasteiger charge is -2.15. The minimum absolute atomic E-state index is 0.0836. The van der Waals surface area contributed by atoms with E-state index in [0.29, 0.717) is 0 Å². The van der Waals surface area contributed by atoms with Gasteiger partial charge in [0, 0.05) is 13.1 Å². The fraction of sp³-hybridized carbons (Fsp3) is 0.417. The molecule has 0 spiro atoms. The van der Waals surface area contributed by atoms with Gasteiger partial charge in [-0.3, -0.25) is 4.79 Å². The number of ether oxygens (including phenoxy) is 1. The summed E-state index contributed by atoms with van der Waals surface area (Å²) in [4.78, 5) is 13.5. The molecule has 3 heteroatoms. The van der Waals surface area contributed by atoms with Crippen LogP contribution in [0.1, 0.15) is 12.8 Å². The van der Waals surface area contributed by atoms with Crippen LogP contribution in [0.25, 0.3) is 0 Å². The number of hydrogen-bond donors (Lipinski definition) is 0. The van der Waals surface area contributed by atoms with Gasteiger partial charge < -0.3 is 9.64 Å². The molecule has 1 aromatic rings. The Kier molecular flexibility index (Phi) is 3.22. The molecule has 0 aromatic heterocycles. The van der Waals surface area contributed by atoms with E-state index in [0.717, 1.165) is 31.7 Å². The lowest BCUT2D eigenvalue weighted by Crippen LogP contribution is -2.32. The molecule has 1 aliphatic heterocycles. The van der Waals surface area contributed by atoms with Gasteiger partial charge in [0.2, 0.25) is 0 Å². The van der Waals surface area contributed by atoms with Gasteiger partial charge in [0.25, 0.3) is 5.91 Å². The maximum Gasteiger partial charge on any atom is 0.260 e. The molecule has 1 aromatic carbocycles. The monoisotopic (exact) mass is 204 g/mol. The van der Waals surface area contributed by atoms with E-state index in [9.17, 15) is 4.79 Å². The number of benzene rings is 1. The van der Waals surface area contributed by atoms with E-state index in [2.05, 4.69) is 6.07 Å². The SMILES string of the molecule is O=C(COc1cc[c]cc1)N1CCCC1. The first-order valence-corrected chi connectivity index (χ1v) is 5.23. The highest BCUT2D eigenvalue weighted by molar-refractivity contribution is 5.77. The summed E-state index contributed by atoms with van der Waals surface area (Å²) in [5, 5.41) is 0. The second kappa shape index (κ2) is 4.82. The van der Waals surface area contributed by atoms with Crippen LogP contribution in [0.5, 0.6) is 5.75 Å². The highest BCUT2D eigenvalue weighted by Gasteiger charge is 2.17. The summed E-state index contributed by atoms with van der Waals surface area (Å²) >= 11 is 0. The molecule has 15 heavy (non-hydrogen) atoms. The molecular formula is C12H14NO2. The Hall–Kier alpha value is -1.51. The highest BCUT2D eigenvalue weighted by Crippen LogP contribution is 2.10. The molecule has 0 saturated carbocycles. The lowest BCUT2D eigenvalue weighted by molar-refractivity contribution is -0.132. The van der Waals surface area contributed by atoms with E-state index in [1.165, 1.54) is 0 Å². The third-order valence-electron chi connectivity index (χ3n) is 2.51. The fourth-order valence-corrected chi connectivity index (χ4v) is 1.67. The molecule has 2 rings (SSSR count). The van der Waals surface area contributed by atoms with Gasteiger partial charge in [0.1, 0.15) is 5.75 Å². The Morgan fingerprint density at radius 1 is 1.33 bits per heavy atom. The van der Waals surface area contributed by atoms with Crippen molar-refractivity contribution in [1.29, 1.82) is 0 Å². The van der Waals surface area contributed by atoms with Crippen LogP contribution in [-0.2, 0) is 4.79 Å². The lowest BCUT2D eigenvalue weighted by atomic mass is 10.3. The van der Waals surface area contributed by atoms with Crippen molar-refractivity contribution in [1.82, 2.24) is 4.90 Å². The first-order valence-electron chi connectivity index (χ1n) is 5.23. The number of likely N-dealkylation sites (tertiary alicyclic amines) is 1. The topological polar surface area (TPSA) is 29.5 Å². The number of nitrogens with zero attached hydrogens (tertiary/aromatic N) is 1. The summed E-state index contributed by atoms with van der Waals surface area (Å²) in [5.41, 5.74) is 0. The summed E-state index contributed by atoms with van der Waals surface area (Å²) in [6, 6.07) is 10.1. The van der Waals surface area contributed by atoms with Crippen molar-refractivity contribution >= 4 is 5.91 Å². The maximum atomic E-state index is 11.6. The zero-order valence-electron chi connectivity index (χ0n) is 8.61. The van der Waals surface area contributed by atoms with Gasteiger partial charge in [-0.25, -0.2) is 0 Å². The summed E-state index contributed by atoms with van der Waals surface area (Å²) in [5.74, 6) is 0.807. The predicted molar refractivity (Wildman–Crippen MR) is 56.6 cm³/mol. The first kappa shape index (κ1) is 10.0. The minimum Gasteiger partial charge on any atom is -0.484 e. The van der Waals surface area contributed by atoms with Crippen molar-refractivity contribution in [3.8, 4) is 5.75 Å². The molecular weight excluding hydrogens is 190 g/mol. The zero-order chi connectivity index (χ0) is 10.5. The molecule has 0 bridgehead atoms. The first-order chi connectivity index (χ1) is 7.36. The van der Waals surface area contributed by atoms with Crippen molar-refractivity contribution in [2.45, 2.75) is 12.8 Å². The molecule has 1 aliphatic rings. The van der Waals surface area contributed by atoms with Crippen LogP contribution in [0.15, 0.2) is 24.3 Å². The summed E-state index contributed by atoms with van der Waals surface area (Å²) in [6.07, 6.45) is 2.23. The number of amides is 1. The molecule has 1 radical (unpaired) electrons. The number of rotatable bonds is 3. The molecule has 0 atom stereocenters. The molecule has 1 fully saturated rings.